The van der Waals surface area contributed by atoms with Crippen LogP contribution >= 0.6 is 11.6 Å². The Kier molecular flexibility index (Phi) is 3.13. The van der Waals surface area contributed by atoms with Crippen LogP contribution in [0.25, 0.3) is 0 Å². The number of carbonyl (C=O) groups is 1. The predicted molar refractivity (Wildman–Crippen MR) is 80.1 cm³/mol. The summed E-state index contributed by atoms with van der Waals surface area (Å²) in [4.78, 5) is 16.1. The number of benzene rings is 1. The van der Waals surface area contributed by atoms with Crippen LogP contribution in [0.15, 0.2) is 28.8 Å². The maximum Gasteiger partial charge on any atom is 0.311 e. The number of halogens is 1. The molecule has 1 aromatic heterocycles. The molecule has 3 fully saturated rings. The van der Waals surface area contributed by atoms with Gasteiger partial charge < -0.3 is 14.0 Å². The molecule has 3 saturated carbocycles. The van der Waals surface area contributed by atoms with Gasteiger partial charge in [-0.1, -0.05) is 16.8 Å². The van der Waals surface area contributed by atoms with E-state index in [4.69, 9.17) is 25.6 Å². The summed E-state index contributed by atoms with van der Waals surface area (Å²) in [6.07, 6.45) is 2.22. The molecule has 1 heterocycles. The Bertz CT molecular complexity index is 736. The van der Waals surface area contributed by atoms with E-state index in [1.54, 1.807) is 24.3 Å². The molecule has 1 aromatic carbocycles. The van der Waals surface area contributed by atoms with Crippen LogP contribution in [0.3, 0.4) is 0 Å². The Hall–Kier alpha value is -2.08. The van der Waals surface area contributed by atoms with Crippen LogP contribution in [0.5, 0.6) is 5.75 Å². The van der Waals surface area contributed by atoms with E-state index < -0.39 is 0 Å². The average molecular weight is 335 g/mol. The topological polar surface area (TPSA) is 74.5 Å². The number of carbonyl (C=O) groups excluding carboxylic acids is 1. The Morgan fingerprint density at radius 3 is 2.65 bits per heavy atom. The number of aromatic nitrogens is 2. The molecule has 0 spiro atoms. The highest BCUT2D eigenvalue weighted by Gasteiger charge is 2.74. The summed E-state index contributed by atoms with van der Waals surface area (Å²) < 4.78 is 15.7. The molecular formula is C16H15ClN2O4. The maximum atomic E-state index is 11.7. The molecule has 23 heavy (non-hydrogen) atoms. The summed E-state index contributed by atoms with van der Waals surface area (Å²) in [6, 6.07) is 7.07. The molecule has 0 radical (unpaired) electrons. The standard InChI is InChI=1S/C16H15ClN2O4/c1-21-14(20)16-7-15(8-16,9-16)13-18-12(23-19-13)6-22-11-4-2-10(17)3-5-11/h2-5H,6-9H2,1H3. The molecule has 0 saturated heterocycles. The van der Waals surface area contributed by atoms with Crippen molar-refractivity contribution in [3.63, 3.8) is 0 Å². The van der Waals surface area contributed by atoms with Crippen LogP contribution in [0.2, 0.25) is 5.02 Å². The van der Waals surface area contributed by atoms with Gasteiger partial charge in [-0.2, -0.15) is 4.98 Å². The van der Waals surface area contributed by atoms with Gasteiger partial charge >= 0.3 is 5.97 Å². The van der Waals surface area contributed by atoms with E-state index in [1.165, 1.54) is 7.11 Å². The molecule has 0 amide bonds. The van der Waals surface area contributed by atoms with Crippen LogP contribution in [0.4, 0.5) is 0 Å². The fourth-order valence-electron chi connectivity index (χ4n) is 3.66. The number of rotatable bonds is 5. The molecule has 3 aliphatic rings. The van der Waals surface area contributed by atoms with Gasteiger partial charge in [-0.25, -0.2) is 0 Å². The van der Waals surface area contributed by atoms with Crippen molar-refractivity contribution in [1.82, 2.24) is 10.1 Å². The summed E-state index contributed by atoms with van der Waals surface area (Å²) in [6.45, 7) is 0.201. The van der Waals surface area contributed by atoms with Gasteiger partial charge in [0.15, 0.2) is 12.4 Å². The number of esters is 1. The third-order valence-corrected chi connectivity index (χ3v) is 5.02. The molecule has 120 valence electrons. The summed E-state index contributed by atoms with van der Waals surface area (Å²) in [7, 11) is 1.43. The summed E-state index contributed by atoms with van der Waals surface area (Å²) in [5, 5.41) is 4.70. The van der Waals surface area contributed by atoms with Crippen LogP contribution in [0.1, 0.15) is 31.0 Å². The van der Waals surface area contributed by atoms with Crippen molar-refractivity contribution in [3.05, 3.63) is 41.0 Å². The second-order valence-corrected chi connectivity index (χ2v) is 6.77. The molecule has 2 bridgehead atoms. The average Bonchev–Trinajstić information content (AvgIpc) is 2.92. The second-order valence-electron chi connectivity index (χ2n) is 6.34. The van der Waals surface area contributed by atoms with E-state index >= 15 is 0 Å². The summed E-state index contributed by atoms with van der Waals surface area (Å²) in [5.74, 6) is 1.64. The van der Waals surface area contributed by atoms with Gasteiger partial charge in [-0.3, -0.25) is 4.79 Å². The lowest BCUT2D eigenvalue weighted by molar-refractivity contribution is -0.199. The lowest BCUT2D eigenvalue weighted by Crippen LogP contribution is -2.68. The molecule has 0 unspecified atom stereocenters. The van der Waals surface area contributed by atoms with Crippen molar-refractivity contribution in [1.29, 1.82) is 0 Å². The highest BCUT2D eigenvalue weighted by atomic mass is 35.5. The molecule has 7 heteroatoms. The van der Waals surface area contributed by atoms with Crippen molar-refractivity contribution >= 4 is 17.6 Å². The second kappa shape index (κ2) is 4.96. The minimum Gasteiger partial charge on any atom is -0.484 e. The van der Waals surface area contributed by atoms with Gasteiger partial charge in [0.05, 0.1) is 12.5 Å². The van der Waals surface area contributed by atoms with Gasteiger partial charge in [0.1, 0.15) is 5.75 Å². The van der Waals surface area contributed by atoms with E-state index in [0.29, 0.717) is 22.5 Å². The largest absolute Gasteiger partial charge is 0.484 e. The van der Waals surface area contributed by atoms with Gasteiger partial charge in [0.2, 0.25) is 0 Å². The van der Waals surface area contributed by atoms with E-state index in [-0.39, 0.29) is 23.4 Å². The smallest absolute Gasteiger partial charge is 0.311 e. The first-order valence-electron chi connectivity index (χ1n) is 7.35. The van der Waals surface area contributed by atoms with E-state index in [9.17, 15) is 4.79 Å². The first-order chi connectivity index (χ1) is 11.1. The fraction of sp³-hybridized carbons (Fsp3) is 0.438. The zero-order chi connectivity index (χ0) is 16.1. The van der Waals surface area contributed by atoms with E-state index in [2.05, 4.69) is 10.1 Å². The lowest BCUT2D eigenvalue weighted by atomic mass is 9.35. The maximum absolute atomic E-state index is 11.7. The van der Waals surface area contributed by atoms with Crippen molar-refractivity contribution < 1.29 is 18.8 Å². The minimum atomic E-state index is -0.310. The number of hydrogen-bond donors (Lipinski definition) is 0. The molecule has 5 rings (SSSR count). The molecule has 2 aromatic rings. The van der Waals surface area contributed by atoms with Crippen LogP contribution < -0.4 is 4.74 Å². The summed E-state index contributed by atoms with van der Waals surface area (Å²) >= 11 is 5.82. The van der Waals surface area contributed by atoms with Crippen LogP contribution in [0, 0.1) is 5.41 Å². The normalized spacial score (nSPS) is 27.7. The zero-order valence-corrected chi connectivity index (χ0v) is 13.3. The quantitative estimate of drug-likeness (QED) is 0.783. The third-order valence-electron chi connectivity index (χ3n) is 4.77. The van der Waals surface area contributed by atoms with Gasteiger partial charge in [-0.15, -0.1) is 0 Å². The first-order valence-corrected chi connectivity index (χ1v) is 7.73. The molecule has 0 atom stereocenters. The van der Waals surface area contributed by atoms with Gasteiger partial charge in [0, 0.05) is 10.4 Å². The Morgan fingerprint density at radius 2 is 2.00 bits per heavy atom. The Morgan fingerprint density at radius 1 is 1.30 bits per heavy atom. The van der Waals surface area contributed by atoms with Gasteiger partial charge in [0.25, 0.3) is 5.89 Å². The Balaban J connectivity index is 1.37. The molecule has 6 nitrogen and oxygen atoms in total. The Labute approximate surface area is 137 Å². The summed E-state index contributed by atoms with van der Waals surface area (Å²) in [5.41, 5.74) is -0.425. The molecule has 3 aliphatic carbocycles. The van der Waals surface area contributed by atoms with Crippen LogP contribution in [-0.2, 0) is 21.6 Å². The lowest BCUT2D eigenvalue weighted by Gasteiger charge is -2.66. The van der Waals surface area contributed by atoms with Crippen LogP contribution in [-0.4, -0.2) is 23.2 Å². The van der Waals surface area contributed by atoms with E-state index in [0.717, 1.165) is 19.3 Å². The van der Waals surface area contributed by atoms with Crippen molar-refractivity contribution in [2.75, 3.05) is 7.11 Å². The molecule has 0 aliphatic heterocycles. The predicted octanol–water partition coefficient (Wildman–Crippen LogP) is 2.90. The van der Waals surface area contributed by atoms with E-state index in [1.807, 2.05) is 0 Å². The SMILES string of the molecule is COC(=O)C12CC(c3noc(COc4ccc(Cl)cc4)n3)(C1)C2. The fourth-order valence-corrected chi connectivity index (χ4v) is 3.79. The number of ether oxygens (including phenoxy) is 2. The van der Waals surface area contributed by atoms with Crippen molar-refractivity contribution in [2.45, 2.75) is 31.3 Å². The highest BCUT2D eigenvalue weighted by molar-refractivity contribution is 6.30. The highest BCUT2D eigenvalue weighted by Crippen LogP contribution is 2.73. The third kappa shape index (κ3) is 2.20. The molecule has 0 N–H and O–H groups in total. The number of methoxy groups -OCH3 is 1. The number of nitrogens with zero attached hydrogens (tertiary/aromatic N) is 2. The monoisotopic (exact) mass is 334 g/mol. The molecular weight excluding hydrogens is 320 g/mol. The number of hydrogen-bond acceptors (Lipinski definition) is 6. The first kappa shape index (κ1) is 14.5. The van der Waals surface area contributed by atoms with Crippen molar-refractivity contribution in [3.8, 4) is 5.75 Å². The van der Waals surface area contributed by atoms with Crippen molar-refractivity contribution in [2.24, 2.45) is 5.41 Å². The zero-order valence-electron chi connectivity index (χ0n) is 12.5. The minimum absolute atomic E-state index is 0.115. The van der Waals surface area contributed by atoms with Gasteiger partial charge in [-0.05, 0) is 43.5 Å².